The van der Waals surface area contributed by atoms with E-state index in [2.05, 4.69) is 15.6 Å². The van der Waals surface area contributed by atoms with Crippen LogP contribution in [-0.4, -0.2) is 32.6 Å². The van der Waals surface area contributed by atoms with Crippen LogP contribution in [0.15, 0.2) is 47.4 Å². The highest BCUT2D eigenvalue weighted by Crippen LogP contribution is 2.14. The summed E-state index contributed by atoms with van der Waals surface area (Å²) in [4.78, 5) is 24.2. The fourth-order valence-corrected chi connectivity index (χ4v) is 2.67. The first-order chi connectivity index (χ1) is 13.0. The number of hydrogen-bond acceptors (Lipinski definition) is 5. The molecule has 8 heteroatoms. The van der Waals surface area contributed by atoms with Crippen LogP contribution in [0.1, 0.15) is 28.7 Å². The Morgan fingerprint density at radius 3 is 2.59 bits per heavy atom. The standard InChI is InChI=1S/C19H21N5O3/c1-4-23-12-15(7-10-17(23)25)20-19(26)18-13(2)24(22-21-18)11-14-5-8-16(27-3)9-6-14/h5-10,12H,4,11H2,1-3H3,(H,20,26). The molecular weight excluding hydrogens is 346 g/mol. The Kier molecular flexibility index (Phi) is 5.35. The number of anilines is 1. The van der Waals surface area contributed by atoms with Gasteiger partial charge in [0, 0.05) is 18.8 Å². The van der Waals surface area contributed by atoms with E-state index in [1.165, 1.54) is 10.6 Å². The minimum Gasteiger partial charge on any atom is -0.497 e. The molecule has 0 unspecified atom stereocenters. The Balaban J connectivity index is 1.75. The molecule has 3 aromatic rings. The average Bonchev–Trinajstić information content (AvgIpc) is 3.04. The molecule has 3 rings (SSSR count). The molecule has 8 nitrogen and oxygen atoms in total. The Bertz CT molecular complexity index is 1000. The Morgan fingerprint density at radius 1 is 1.19 bits per heavy atom. The van der Waals surface area contributed by atoms with Gasteiger partial charge in [0.25, 0.3) is 11.5 Å². The van der Waals surface area contributed by atoms with Crippen molar-refractivity contribution < 1.29 is 9.53 Å². The van der Waals surface area contributed by atoms with Crippen LogP contribution in [-0.2, 0) is 13.1 Å². The number of methoxy groups -OCH3 is 1. The van der Waals surface area contributed by atoms with Crippen molar-refractivity contribution in [2.45, 2.75) is 26.9 Å². The van der Waals surface area contributed by atoms with Crippen molar-refractivity contribution in [3.05, 3.63) is 69.9 Å². The van der Waals surface area contributed by atoms with Crippen molar-refractivity contribution in [3.8, 4) is 5.75 Å². The van der Waals surface area contributed by atoms with E-state index < -0.39 is 0 Å². The molecule has 1 amide bonds. The summed E-state index contributed by atoms with van der Waals surface area (Å²) in [6, 6.07) is 10.6. The lowest BCUT2D eigenvalue weighted by Crippen LogP contribution is -2.20. The van der Waals surface area contributed by atoms with Gasteiger partial charge < -0.3 is 14.6 Å². The van der Waals surface area contributed by atoms with Crippen LogP contribution in [0.5, 0.6) is 5.75 Å². The Labute approximate surface area is 156 Å². The number of nitrogens with zero attached hydrogens (tertiary/aromatic N) is 4. The van der Waals surface area contributed by atoms with Crippen LogP contribution in [0.25, 0.3) is 0 Å². The van der Waals surface area contributed by atoms with Crippen molar-refractivity contribution in [2.75, 3.05) is 12.4 Å². The number of pyridine rings is 1. The summed E-state index contributed by atoms with van der Waals surface area (Å²) >= 11 is 0. The molecule has 0 fully saturated rings. The van der Waals surface area contributed by atoms with E-state index in [-0.39, 0.29) is 17.2 Å². The van der Waals surface area contributed by atoms with Crippen LogP contribution >= 0.6 is 0 Å². The number of carbonyl (C=O) groups is 1. The van der Waals surface area contributed by atoms with Gasteiger partial charge in [0.05, 0.1) is 25.0 Å². The van der Waals surface area contributed by atoms with Crippen molar-refractivity contribution in [1.29, 1.82) is 0 Å². The van der Waals surface area contributed by atoms with Crippen LogP contribution in [0, 0.1) is 6.92 Å². The van der Waals surface area contributed by atoms with E-state index in [4.69, 9.17) is 4.74 Å². The second-order valence-electron chi connectivity index (χ2n) is 6.03. The van der Waals surface area contributed by atoms with E-state index in [1.54, 1.807) is 31.0 Å². The van der Waals surface area contributed by atoms with Gasteiger partial charge in [0.2, 0.25) is 0 Å². The van der Waals surface area contributed by atoms with Crippen LogP contribution < -0.4 is 15.6 Å². The number of rotatable bonds is 6. The summed E-state index contributed by atoms with van der Waals surface area (Å²) in [5, 5.41) is 10.9. The van der Waals surface area contributed by atoms with Gasteiger partial charge in [-0.15, -0.1) is 5.10 Å². The van der Waals surface area contributed by atoms with Crippen LogP contribution in [0.4, 0.5) is 5.69 Å². The quantitative estimate of drug-likeness (QED) is 0.720. The summed E-state index contributed by atoms with van der Waals surface area (Å²) in [6.07, 6.45) is 1.61. The van der Waals surface area contributed by atoms with Gasteiger partial charge in [-0.2, -0.15) is 0 Å². The maximum atomic E-state index is 12.5. The third-order valence-corrected chi connectivity index (χ3v) is 4.27. The van der Waals surface area contributed by atoms with Crippen LogP contribution in [0.2, 0.25) is 0 Å². The third kappa shape index (κ3) is 4.05. The van der Waals surface area contributed by atoms with E-state index >= 15 is 0 Å². The minimum absolute atomic E-state index is 0.114. The van der Waals surface area contributed by atoms with Crippen LogP contribution in [0.3, 0.4) is 0 Å². The Hall–Kier alpha value is -3.42. The summed E-state index contributed by atoms with van der Waals surface area (Å²) in [7, 11) is 1.62. The molecular formula is C19H21N5O3. The topological polar surface area (TPSA) is 91.0 Å². The molecule has 0 aliphatic rings. The normalized spacial score (nSPS) is 10.6. The fraction of sp³-hybridized carbons (Fsp3) is 0.263. The summed E-state index contributed by atoms with van der Waals surface area (Å²) in [6.45, 7) is 4.68. The number of carbonyl (C=O) groups excluding carboxylic acids is 1. The van der Waals surface area contributed by atoms with Gasteiger partial charge in [0.1, 0.15) is 5.75 Å². The monoisotopic (exact) mass is 367 g/mol. The minimum atomic E-state index is -0.366. The maximum Gasteiger partial charge on any atom is 0.278 e. The predicted molar refractivity (Wildman–Crippen MR) is 101 cm³/mol. The zero-order chi connectivity index (χ0) is 19.4. The third-order valence-electron chi connectivity index (χ3n) is 4.27. The number of benzene rings is 1. The molecule has 1 aromatic carbocycles. The second-order valence-corrected chi connectivity index (χ2v) is 6.03. The molecule has 0 saturated heterocycles. The van der Waals surface area contributed by atoms with Gasteiger partial charge in [-0.05, 0) is 37.6 Å². The number of nitrogens with one attached hydrogen (secondary N) is 1. The second kappa shape index (κ2) is 7.86. The molecule has 0 radical (unpaired) electrons. The Morgan fingerprint density at radius 2 is 1.93 bits per heavy atom. The van der Waals surface area contributed by atoms with Crippen molar-refractivity contribution in [2.24, 2.45) is 0 Å². The molecule has 0 spiro atoms. The lowest BCUT2D eigenvalue weighted by molar-refractivity contribution is 0.102. The molecule has 0 saturated carbocycles. The summed E-state index contributed by atoms with van der Waals surface area (Å²) in [5.41, 5.74) is 2.35. The maximum absolute atomic E-state index is 12.5. The number of amides is 1. The number of aryl methyl sites for hydroxylation is 1. The molecule has 2 heterocycles. The zero-order valence-corrected chi connectivity index (χ0v) is 15.5. The van der Waals surface area contributed by atoms with Crippen molar-refractivity contribution in [3.63, 3.8) is 0 Å². The zero-order valence-electron chi connectivity index (χ0n) is 15.5. The van der Waals surface area contributed by atoms with Crippen molar-refractivity contribution >= 4 is 11.6 Å². The highest BCUT2D eigenvalue weighted by atomic mass is 16.5. The molecule has 27 heavy (non-hydrogen) atoms. The van der Waals surface area contributed by atoms with Gasteiger partial charge in [-0.1, -0.05) is 17.3 Å². The van der Waals surface area contributed by atoms with E-state index in [9.17, 15) is 9.59 Å². The van der Waals surface area contributed by atoms with Gasteiger partial charge in [-0.25, -0.2) is 4.68 Å². The molecule has 2 aromatic heterocycles. The number of aromatic nitrogens is 4. The first-order valence-corrected chi connectivity index (χ1v) is 8.56. The molecule has 0 aliphatic heterocycles. The SMILES string of the molecule is CCn1cc(NC(=O)c2nnn(Cc3ccc(OC)cc3)c2C)ccc1=O. The molecule has 0 atom stereocenters. The number of ether oxygens (including phenoxy) is 1. The average molecular weight is 367 g/mol. The van der Waals surface area contributed by atoms with Gasteiger partial charge in [-0.3, -0.25) is 9.59 Å². The summed E-state index contributed by atoms with van der Waals surface area (Å²) < 4.78 is 8.34. The highest BCUT2D eigenvalue weighted by molar-refractivity contribution is 6.03. The molecule has 1 N–H and O–H groups in total. The number of hydrogen-bond donors (Lipinski definition) is 1. The van der Waals surface area contributed by atoms with E-state index in [0.717, 1.165) is 11.3 Å². The smallest absolute Gasteiger partial charge is 0.278 e. The summed E-state index contributed by atoms with van der Waals surface area (Å²) in [5.74, 6) is 0.414. The fourth-order valence-electron chi connectivity index (χ4n) is 2.67. The lowest BCUT2D eigenvalue weighted by Gasteiger charge is -2.08. The first-order valence-electron chi connectivity index (χ1n) is 8.56. The largest absolute Gasteiger partial charge is 0.497 e. The van der Waals surface area contributed by atoms with Gasteiger partial charge in [0.15, 0.2) is 5.69 Å². The predicted octanol–water partition coefficient (Wildman–Crippen LogP) is 2.08. The molecule has 140 valence electrons. The lowest BCUT2D eigenvalue weighted by atomic mass is 10.2. The van der Waals surface area contributed by atoms with Gasteiger partial charge >= 0.3 is 0 Å². The molecule has 0 aliphatic carbocycles. The molecule has 0 bridgehead atoms. The van der Waals surface area contributed by atoms with E-state index in [0.29, 0.717) is 24.5 Å². The first kappa shape index (κ1) is 18.4. The highest BCUT2D eigenvalue weighted by Gasteiger charge is 2.17. The van der Waals surface area contributed by atoms with Crippen molar-refractivity contribution in [1.82, 2.24) is 19.6 Å². The van der Waals surface area contributed by atoms with E-state index in [1.807, 2.05) is 31.2 Å².